The lowest BCUT2D eigenvalue weighted by Gasteiger charge is -2.30. The number of hydrogen-bond donors (Lipinski definition) is 0. The molecule has 2 aliphatic carbocycles. The first-order valence-electron chi connectivity index (χ1n) is 12.2. The smallest absolute Gasteiger partial charge is 0.167 e. The Morgan fingerprint density at radius 3 is 2.67 bits per heavy atom. The lowest BCUT2D eigenvalue weighted by Crippen LogP contribution is -2.22. The second-order valence-electron chi connectivity index (χ2n) is 9.09. The molecule has 1 unspecified atom stereocenters. The summed E-state index contributed by atoms with van der Waals surface area (Å²) in [6, 6.07) is -0.212. The molecule has 3 rings (SSSR count). The minimum Gasteiger partial charge on any atom is -0.370 e. The molecule has 1 saturated carbocycles. The highest BCUT2D eigenvalue weighted by Crippen LogP contribution is 2.37. The summed E-state index contributed by atoms with van der Waals surface area (Å²) in [5.74, 6) is -0.959. The molecule has 0 aliphatic heterocycles. The van der Waals surface area contributed by atoms with Crippen molar-refractivity contribution in [3.05, 3.63) is 89.1 Å². The van der Waals surface area contributed by atoms with Gasteiger partial charge in [0.05, 0.1) is 29.5 Å². The van der Waals surface area contributed by atoms with Crippen LogP contribution >= 0.6 is 11.6 Å². The number of hydrogen-bond acceptors (Lipinski definition) is 4. The molecular weight excluding hydrogens is 480 g/mol. The minimum absolute atomic E-state index is 0.0621. The highest BCUT2D eigenvalue weighted by Gasteiger charge is 2.25. The summed E-state index contributed by atoms with van der Waals surface area (Å²) < 4.78 is 31.2. The number of halogens is 3. The predicted molar refractivity (Wildman–Crippen MR) is 145 cm³/mol. The highest BCUT2D eigenvalue weighted by atomic mass is 35.5. The van der Waals surface area contributed by atoms with Crippen LogP contribution in [0.25, 0.3) is 0 Å². The fraction of sp³-hybridized carbons (Fsp3) is 0.393. The van der Waals surface area contributed by atoms with Crippen LogP contribution < -0.4 is 0 Å². The van der Waals surface area contributed by atoms with Gasteiger partial charge in [-0.3, -0.25) is 14.7 Å². The maximum Gasteiger partial charge on any atom is 0.167 e. The Hall–Kier alpha value is -3.06. The van der Waals surface area contributed by atoms with Crippen LogP contribution in [-0.4, -0.2) is 40.2 Å². The molecule has 5 nitrogen and oxygen atoms in total. The van der Waals surface area contributed by atoms with E-state index in [9.17, 15) is 4.39 Å². The number of aromatic nitrogens is 2. The molecule has 0 spiro atoms. The van der Waals surface area contributed by atoms with Crippen molar-refractivity contribution in [2.24, 2.45) is 17.0 Å². The molecule has 1 atom stereocenters. The van der Waals surface area contributed by atoms with Gasteiger partial charge in [0.15, 0.2) is 5.83 Å². The first-order chi connectivity index (χ1) is 17.3. The molecule has 1 heterocycles. The van der Waals surface area contributed by atoms with Gasteiger partial charge in [0, 0.05) is 37.6 Å². The Kier molecular flexibility index (Phi) is 10.2. The third-order valence-corrected chi connectivity index (χ3v) is 6.75. The van der Waals surface area contributed by atoms with E-state index in [2.05, 4.69) is 23.4 Å². The van der Waals surface area contributed by atoms with Gasteiger partial charge in [-0.1, -0.05) is 49.6 Å². The van der Waals surface area contributed by atoms with Crippen molar-refractivity contribution in [1.82, 2.24) is 14.7 Å². The van der Waals surface area contributed by atoms with E-state index in [1.54, 1.807) is 29.1 Å². The van der Waals surface area contributed by atoms with Gasteiger partial charge in [0.2, 0.25) is 0 Å². The molecule has 1 fully saturated rings. The summed E-state index contributed by atoms with van der Waals surface area (Å²) >= 11 is 6.01. The van der Waals surface area contributed by atoms with E-state index in [0.717, 1.165) is 43.0 Å². The lowest BCUT2D eigenvalue weighted by atomic mass is 9.92. The first-order valence-corrected chi connectivity index (χ1v) is 12.6. The fourth-order valence-electron chi connectivity index (χ4n) is 4.63. The van der Waals surface area contributed by atoms with E-state index in [4.69, 9.17) is 16.6 Å². The zero-order chi connectivity index (χ0) is 26.1. The van der Waals surface area contributed by atoms with E-state index < -0.39 is 11.7 Å². The van der Waals surface area contributed by atoms with Crippen molar-refractivity contribution in [1.29, 1.82) is 0 Å². The number of rotatable bonds is 10. The van der Waals surface area contributed by atoms with Crippen molar-refractivity contribution < 1.29 is 8.78 Å². The lowest BCUT2D eigenvalue weighted by molar-refractivity contribution is 0.368. The van der Waals surface area contributed by atoms with Gasteiger partial charge in [-0.05, 0) is 50.1 Å². The predicted octanol–water partition coefficient (Wildman–Crippen LogP) is 7.44. The molecule has 0 N–H and O–H groups in total. The number of nitrogens with zero attached hydrogens (tertiary/aromatic N) is 5. The molecule has 8 heteroatoms. The van der Waals surface area contributed by atoms with E-state index in [1.165, 1.54) is 12.5 Å². The topological polar surface area (TPSA) is 45.8 Å². The van der Waals surface area contributed by atoms with Crippen LogP contribution in [0.3, 0.4) is 0 Å². The zero-order valence-electron chi connectivity index (χ0n) is 21.0. The second kappa shape index (κ2) is 13.3. The molecule has 36 heavy (non-hydrogen) atoms. The summed E-state index contributed by atoms with van der Waals surface area (Å²) in [5.41, 5.74) is 2.59. The van der Waals surface area contributed by atoms with Gasteiger partial charge in [0.25, 0.3) is 0 Å². The van der Waals surface area contributed by atoms with Crippen LogP contribution in [0.4, 0.5) is 8.78 Å². The largest absolute Gasteiger partial charge is 0.370 e. The Bertz CT molecular complexity index is 1130. The van der Waals surface area contributed by atoms with Crippen LogP contribution in [0.1, 0.15) is 56.6 Å². The Morgan fingerprint density at radius 2 is 2.06 bits per heavy atom. The number of aliphatic imine (C=N–C) groups is 2. The van der Waals surface area contributed by atoms with Gasteiger partial charge in [-0.2, -0.15) is 5.10 Å². The SMILES string of the molecule is C=C/C=C(\C=C/N(C)C(C1=CC(F)=C(Cl)CC1)c1cnn(C)c1)C(=N/C1CCCCC1)/C(F)=C\N=C. The first kappa shape index (κ1) is 27.5. The van der Waals surface area contributed by atoms with Crippen LogP contribution in [0.15, 0.2) is 93.5 Å². The highest BCUT2D eigenvalue weighted by molar-refractivity contribution is 6.30. The average molecular weight is 514 g/mol. The normalized spacial score (nSPS) is 19.5. The summed E-state index contributed by atoms with van der Waals surface area (Å²) in [6.07, 6.45) is 19.5. The van der Waals surface area contributed by atoms with E-state index in [0.29, 0.717) is 18.4 Å². The Balaban J connectivity index is 1.97. The molecule has 2 aliphatic rings. The average Bonchev–Trinajstić information content (AvgIpc) is 3.29. The summed E-state index contributed by atoms with van der Waals surface area (Å²) in [6.45, 7) is 7.19. The number of likely N-dealkylation sites (N-methyl/N-ethyl adjacent to an activating group) is 1. The zero-order valence-corrected chi connectivity index (χ0v) is 21.8. The van der Waals surface area contributed by atoms with Gasteiger partial charge >= 0.3 is 0 Å². The van der Waals surface area contributed by atoms with Crippen LogP contribution in [0, 0.1) is 0 Å². The minimum atomic E-state index is -0.545. The monoisotopic (exact) mass is 513 g/mol. The fourth-order valence-corrected chi connectivity index (χ4v) is 4.78. The van der Waals surface area contributed by atoms with Crippen LogP contribution in [-0.2, 0) is 7.05 Å². The van der Waals surface area contributed by atoms with Crippen molar-refractivity contribution in [3.8, 4) is 0 Å². The van der Waals surface area contributed by atoms with Crippen LogP contribution in [0.5, 0.6) is 0 Å². The van der Waals surface area contributed by atoms with Gasteiger partial charge in [-0.15, -0.1) is 0 Å². The Labute approximate surface area is 217 Å². The second-order valence-corrected chi connectivity index (χ2v) is 9.55. The van der Waals surface area contributed by atoms with E-state index >= 15 is 4.39 Å². The molecule has 1 aromatic heterocycles. The molecule has 1 aromatic rings. The standard InChI is InChI=1S/C28H34ClF2N5/c1-5-9-20(27(26(31)18-32-2)34-23-10-7-6-8-11-23)14-15-35(3)28(22-17-33-36(4)19-22)21-12-13-24(29)25(30)16-21/h5,9,14-19,23,28H,1-2,6-8,10-13H2,3-4H3/b15-14-,20-9+,26-18+,34-27-. The molecule has 0 bridgehead atoms. The molecule has 0 aromatic carbocycles. The van der Waals surface area contributed by atoms with Crippen molar-refractivity contribution in [2.75, 3.05) is 7.05 Å². The van der Waals surface area contributed by atoms with Crippen molar-refractivity contribution >= 4 is 24.0 Å². The van der Waals surface area contributed by atoms with Crippen molar-refractivity contribution in [2.45, 2.75) is 57.0 Å². The summed E-state index contributed by atoms with van der Waals surface area (Å²) in [7, 11) is 3.73. The summed E-state index contributed by atoms with van der Waals surface area (Å²) in [4.78, 5) is 10.3. The van der Waals surface area contributed by atoms with Gasteiger partial charge < -0.3 is 4.90 Å². The number of aryl methyl sites for hydroxylation is 1. The van der Waals surface area contributed by atoms with Crippen molar-refractivity contribution in [3.63, 3.8) is 0 Å². The Morgan fingerprint density at radius 1 is 1.31 bits per heavy atom. The molecule has 192 valence electrons. The molecular formula is C28H34ClF2N5. The number of allylic oxidation sites excluding steroid dienone is 8. The molecule has 0 amide bonds. The van der Waals surface area contributed by atoms with E-state index in [1.807, 2.05) is 31.4 Å². The molecule has 0 radical (unpaired) electrons. The maximum atomic E-state index is 15.1. The van der Waals surface area contributed by atoms with E-state index in [-0.39, 0.29) is 22.8 Å². The molecule has 0 saturated heterocycles. The van der Waals surface area contributed by atoms with Gasteiger partial charge in [-0.25, -0.2) is 8.78 Å². The van der Waals surface area contributed by atoms with Crippen LogP contribution in [0.2, 0.25) is 0 Å². The summed E-state index contributed by atoms with van der Waals surface area (Å²) in [5, 5.41) is 4.54. The van der Waals surface area contributed by atoms with Gasteiger partial charge in [0.1, 0.15) is 11.5 Å². The quantitative estimate of drug-likeness (QED) is 0.241. The third kappa shape index (κ3) is 7.23. The maximum absolute atomic E-state index is 15.1. The third-order valence-electron chi connectivity index (χ3n) is 6.38.